The predicted molar refractivity (Wildman–Crippen MR) is 43.0 cm³/mol. The van der Waals surface area contributed by atoms with Gasteiger partial charge in [0.25, 0.3) is 0 Å². The summed E-state index contributed by atoms with van der Waals surface area (Å²) in [5.41, 5.74) is 0. The van der Waals surface area contributed by atoms with E-state index in [1.54, 1.807) is 6.92 Å². The van der Waals surface area contributed by atoms with E-state index in [-0.39, 0.29) is 12.0 Å². The van der Waals surface area contributed by atoms with Crippen LogP contribution in [0.3, 0.4) is 0 Å². The minimum atomic E-state index is -4.03. The molecule has 0 radical (unpaired) electrons. The second-order valence-electron chi connectivity index (χ2n) is 3.49. The van der Waals surface area contributed by atoms with Crippen molar-refractivity contribution >= 4 is 0 Å². The predicted octanol–water partition coefficient (Wildman–Crippen LogP) is 2.57. The molecule has 4 heteroatoms. The molecular formula is C8H16F3N. The van der Waals surface area contributed by atoms with E-state index in [1.807, 2.05) is 13.8 Å². The lowest BCUT2D eigenvalue weighted by molar-refractivity contribution is -0.142. The third kappa shape index (κ3) is 7.85. The van der Waals surface area contributed by atoms with Gasteiger partial charge in [-0.15, -0.1) is 0 Å². The monoisotopic (exact) mass is 183 g/mol. The summed E-state index contributed by atoms with van der Waals surface area (Å²) in [7, 11) is 0. The molecule has 74 valence electrons. The van der Waals surface area contributed by atoms with Crippen LogP contribution in [0.5, 0.6) is 0 Å². The topological polar surface area (TPSA) is 12.0 Å². The van der Waals surface area contributed by atoms with Gasteiger partial charge in [-0.2, -0.15) is 13.2 Å². The van der Waals surface area contributed by atoms with Gasteiger partial charge in [-0.1, -0.05) is 20.8 Å². The fourth-order valence-electron chi connectivity index (χ4n) is 0.904. The zero-order valence-corrected chi connectivity index (χ0v) is 7.70. The van der Waals surface area contributed by atoms with Crippen molar-refractivity contribution in [1.29, 1.82) is 0 Å². The van der Waals surface area contributed by atoms with E-state index < -0.39 is 12.6 Å². The largest absolute Gasteiger partial charge is 0.389 e. The highest BCUT2D eigenvalue weighted by Gasteiger charge is 2.29. The number of halogens is 3. The Hall–Kier alpha value is -0.250. The molecule has 0 bridgehead atoms. The Balaban J connectivity index is 3.53. The summed E-state index contributed by atoms with van der Waals surface area (Å²) in [5.74, 6) is -0.340. The number of nitrogens with one attached hydrogen (secondary N) is 1. The maximum Gasteiger partial charge on any atom is 0.389 e. The van der Waals surface area contributed by atoms with Crippen LogP contribution in [-0.4, -0.2) is 18.8 Å². The molecule has 0 aliphatic heterocycles. The van der Waals surface area contributed by atoms with E-state index >= 15 is 0 Å². The summed E-state index contributed by atoms with van der Waals surface area (Å²) in [4.78, 5) is 0. The molecule has 0 amide bonds. The van der Waals surface area contributed by atoms with E-state index in [0.29, 0.717) is 6.54 Å². The molecule has 0 rings (SSSR count). The van der Waals surface area contributed by atoms with Crippen molar-refractivity contribution in [2.45, 2.75) is 39.4 Å². The molecule has 0 aromatic carbocycles. The molecule has 1 atom stereocenters. The highest BCUT2D eigenvalue weighted by Crippen LogP contribution is 2.24. The Morgan fingerprint density at radius 2 is 1.67 bits per heavy atom. The smallest absolute Gasteiger partial charge is 0.314 e. The first-order valence-corrected chi connectivity index (χ1v) is 4.11. The molecular weight excluding hydrogens is 167 g/mol. The summed E-state index contributed by atoms with van der Waals surface area (Å²) in [6.45, 7) is 5.86. The Kier molecular flexibility index (Phi) is 4.60. The molecule has 0 spiro atoms. The summed E-state index contributed by atoms with van der Waals surface area (Å²) in [5, 5.41) is 2.97. The van der Waals surface area contributed by atoms with Gasteiger partial charge < -0.3 is 5.32 Å². The first-order valence-electron chi connectivity index (χ1n) is 4.11. The summed E-state index contributed by atoms with van der Waals surface area (Å²) in [6, 6.07) is 0.251. The number of alkyl halides is 3. The van der Waals surface area contributed by atoms with Gasteiger partial charge in [0.1, 0.15) is 0 Å². The molecule has 0 aromatic rings. The lowest BCUT2D eigenvalue weighted by atomic mass is 10.1. The third-order valence-corrected chi connectivity index (χ3v) is 1.45. The quantitative estimate of drug-likeness (QED) is 0.706. The zero-order chi connectivity index (χ0) is 9.78. The van der Waals surface area contributed by atoms with Gasteiger partial charge in [0.15, 0.2) is 0 Å². The molecule has 0 fully saturated rings. The van der Waals surface area contributed by atoms with Crippen molar-refractivity contribution in [3.05, 3.63) is 0 Å². The Morgan fingerprint density at radius 1 is 1.17 bits per heavy atom. The van der Waals surface area contributed by atoms with Crippen LogP contribution in [0.2, 0.25) is 0 Å². The minimum Gasteiger partial charge on any atom is -0.314 e. The molecule has 0 aliphatic carbocycles. The fraction of sp³-hybridized carbons (Fsp3) is 1.00. The van der Waals surface area contributed by atoms with Crippen molar-refractivity contribution < 1.29 is 13.2 Å². The normalized spacial score (nSPS) is 15.2. The van der Waals surface area contributed by atoms with Crippen LogP contribution in [0.4, 0.5) is 13.2 Å². The second-order valence-corrected chi connectivity index (χ2v) is 3.49. The van der Waals surface area contributed by atoms with Crippen molar-refractivity contribution in [3.63, 3.8) is 0 Å². The van der Waals surface area contributed by atoms with E-state index in [0.717, 1.165) is 0 Å². The lowest BCUT2D eigenvalue weighted by Crippen LogP contribution is -2.30. The van der Waals surface area contributed by atoms with Crippen molar-refractivity contribution in [3.8, 4) is 0 Å². The average Bonchev–Trinajstić information content (AvgIpc) is 1.79. The van der Waals surface area contributed by atoms with Crippen LogP contribution in [0.25, 0.3) is 0 Å². The van der Waals surface area contributed by atoms with Crippen LogP contribution in [-0.2, 0) is 0 Å². The fourth-order valence-corrected chi connectivity index (χ4v) is 0.904. The van der Waals surface area contributed by atoms with Crippen molar-refractivity contribution in [1.82, 2.24) is 5.32 Å². The van der Waals surface area contributed by atoms with Gasteiger partial charge in [0.2, 0.25) is 0 Å². The van der Waals surface area contributed by atoms with Gasteiger partial charge in [-0.3, -0.25) is 0 Å². The summed E-state index contributed by atoms with van der Waals surface area (Å²) >= 11 is 0. The molecule has 1 N–H and O–H groups in total. The van der Waals surface area contributed by atoms with Gasteiger partial charge in [-0.25, -0.2) is 0 Å². The standard InChI is InChI=1S/C8H16F3N/c1-6(2)12-5-7(3)4-8(9,10)11/h6-7,12H,4-5H2,1-3H3. The first kappa shape index (κ1) is 11.8. The van der Waals surface area contributed by atoms with Gasteiger partial charge in [-0.05, 0) is 12.5 Å². The van der Waals surface area contributed by atoms with E-state index in [4.69, 9.17) is 0 Å². The van der Waals surface area contributed by atoms with Crippen LogP contribution in [0.1, 0.15) is 27.2 Å². The average molecular weight is 183 g/mol. The molecule has 12 heavy (non-hydrogen) atoms. The maximum atomic E-state index is 11.8. The van der Waals surface area contributed by atoms with E-state index in [1.165, 1.54) is 0 Å². The lowest BCUT2D eigenvalue weighted by Gasteiger charge is -2.16. The van der Waals surface area contributed by atoms with Crippen LogP contribution in [0, 0.1) is 5.92 Å². The molecule has 0 aliphatic rings. The highest BCUT2D eigenvalue weighted by atomic mass is 19.4. The van der Waals surface area contributed by atoms with Gasteiger partial charge in [0.05, 0.1) is 0 Å². The van der Waals surface area contributed by atoms with Crippen LogP contribution >= 0.6 is 0 Å². The zero-order valence-electron chi connectivity index (χ0n) is 7.70. The highest BCUT2D eigenvalue weighted by molar-refractivity contribution is 4.63. The SMILES string of the molecule is CC(CNC(C)C)CC(F)(F)F. The maximum absolute atomic E-state index is 11.8. The third-order valence-electron chi connectivity index (χ3n) is 1.45. The molecule has 0 heterocycles. The molecule has 0 aromatic heterocycles. The molecule has 0 saturated carbocycles. The Labute approximate surface area is 71.3 Å². The van der Waals surface area contributed by atoms with Crippen LogP contribution < -0.4 is 5.32 Å². The van der Waals surface area contributed by atoms with Gasteiger partial charge in [0, 0.05) is 12.5 Å². The summed E-state index contributed by atoms with van der Waals surface area (Å²) < 4.78 is 35.4. The molecule has 1 nitrogen and oxygen atoms in total. The van der Waals surface area contributed by atoms with Crippen molar-refractivity contribution in [2.75, 3.05) is 6.54 Å². The first-order chi connectivity index (χ1) is 5.31. The number of hydrogen-bond acceptors (Lipinski definition) is 1. The van der Waals surface area contributed by atoms with Crippen LogP contribution in [0.15, 0.2) is 0 Å². The number of hydrogen-bond donors (Lipinski definition) is 1. The van der Waals surface area contributed by atoms with Crippen molar-refractivity contribution in [2.24, 2.45) is 5.92 Å². The van der Waals surface area contributed by atoms with E-state index in [9.17, 15) is 13.2 Å². The van der Waals surface area contributed by atoms with Gasteiger partial charge >= 0.3 is 6.18 Å². The van der Waals surface area contributed by atoms with E-state index in [2.05, 4.69) is 5.32 Å². The second kappa shape index (κ2) is 4.70. The molecule has 0 saturated heterocycles. The minimum absolute atomic E-state index is 0.251. The molecule has 1 unspecified atom stereocenters. The Morgan fingerprint density at radius 3 is 2.00 bits per heavy atom. The summed E-state index contributed by atoms with van der Waals surface area (Å²) in [6.07, 6.45) is -4.73. The Bertz CT molecular complexity index is 120. The number of rotatable bonds is 4.